The fourth-order valence-corrected chi connectivity index (χ4v) is 2.33. The summed E-state index contributed by atoms with van der Waals surface area (Å²) in [6.07, 6.45) is 8.78. The maximum Gasteiger partial charge on any atom is 0.260 e. The summed E-state index contributed by atoms with van der Waals surface area (Å²) in [6, 6.07) is 0. The molecule has 3 heterocycles. The third-order valence-electron chi connectivity index (χ3n) is 3.35. The molecule has 1 saturated heterocycles. The molecule has 1 aliphatic rings. The van der Waals surface area contributed by atoms with Crippen LogP contribution in [0.15, 0.2) is 18.7 Å². The molecule has 0 saturated carbocycles. The largest absolute Gasteiger partial charge is 0.475 e. The van der Waals surface area contributed by atoms with Crippen molar-refractivity contribution in [2.24, 2.45) is 5.92 Å². The molecule has 0 radical (unpaired) electrons. The second kappa shape index (κ2) is 5.30. The number of nitrogens with zero attached hydrogens (tertiary/aromatic N) is 4. The lowest BCUT2D eigenvalue weighted by Gasteiger charge is -2.22. The van der Waals surface area contributed by atoms with E-state index in [1.54, 1.807) is 12.5 Å². The van der Waals surface area contributed by atoms with E-state index in [9.17, 15) is 0 Å². The molecular weight excluding hydrogens is 230 g/mol. The van der Waals surface area contributed by atoms with Gasteiger partial charge in [-0.3, -0.25) is 4.40 Å². The summed E-state index contributed by atoms with van der Waals surface area (Å²) in [5, 5.41) is 11.3. The zero-order valence-corrected chi connectivity index (χ0v) is 10.2. The van der Waals surface area contributed by atoms with E-state index < -0.39 is 0 Å². The van der Waals surface area contributed by atoms with E-state index in [2.05, 4.69) is 20.5 Å². The second-order valence-electron chi connectivity index (χ2n) is 4.64. The van der Waals surface area contributed by atoms with Gasteiger partial charge in [-0.1, -0.05) is 0 Å². The van der Waals surface area contributed by atoms with Gasteiger partial charge >= 0.3 is 0 Å². The highest BCUT2D eigenvalue weighted by Gasteiger charge is 2.13. The summed E-state index contributed by atoms with van der Waals surface area (Å²) in [5.74, 6) is 1.29. The van der Waals surface area contributed by atoms with E-state index in [-0.39, 0.29) is 0 Å². The van der Waals surface area contributed by atoms with Crippen molar-refractivity contribution in [3.63, 3.8) is 0 Å². The highest BCUT2D eigenvalue weighted by Crippen LogP contribution is 2.16. The molecule has 18 heavy (non-hydrogen) atoms. The van der Waals surface area contributed by atoms with Gasteiger partial charge in [0.25, 0.3) is 5.88 Å². The number of nitrogens with one attached hydrogen (secondary N) is 1. The summed E-state index contributed by atoms with van der Waals surface area (Å²) in [5.41, 5.74) is 0.680. The van der Waals surface area contributed by atoms with E-state index in [1.165, 1.54) is 12.8 Å². The van der Waals surface area contributed by atoms with Crippen LogP contribution in [0.1, 0.15) is 19.3 Å². The van der Waals surface area contributed by atoms with Gasteiger partial charge in [-0.25, -0.2) is 4.98 Å². The number of rotatable bonds is 4. The molecule has 1 fully saturated rings. The van der Waals surface area contributed by atoms with Gasteiger partial charge in [0.05, 0.1) is 6.61 Å². The normalized spacial score (nSPS) is 20.1. The van der Waals surface area contributed by atoms with Crippen molar-refractivity contribution in [3.8, 4) is 5.88 Å². The molecule has 6 nitrogen and oxygen atoms in total. The zero-order valence-electron chi connectivity index (χ0n) is 10.2. The van der Waals surface area contributed by atoms with E-state index in [0.717, 1.165) is 25.4 Å². The standard InChI is InChI=1S/C12H17N5O/c1-2-10(8-13-4-1)3-7-18-12-11-16-15-9-17(11)6-5-14-12/h5-6,9-10,13H,1-4,7-8H2. The fraction of sp³-hybridized carbons (Fsp3) is 0.583. The minimum Gasteiger partial charge on any atom is -0.475 e. The van der Waals surface area contributed by atoms with Gasteiger partial charge in [0.1, 0.15) is 6.33 Å². The van der Waals surface area contributed by atoms with Crippen molar-refractivity contribution in [1.29, 1.82) is 0 Å². The van der Waals surface area contributed by atoms with Crippen molar-refractivity contribution in [2.75, 3.05) is 19.7 Å². The highest BCUT2D eigenvalue weighted by molar-refractivity contribution is 5.47. The lowest BCUT2D eigenvalue weighted by atomic mass is 9.97. The van der Waals surface area contributed by atoms with Crippen LogP contribution in [0.2, 0.25) is 0 Å². The molecule has 3 rings (SSSR count). The van der Waals surface area contributed by atoms with E-state index >= 15 is 0 Å². The quantitative estimate of drug-likeness (QED) is 0.869. The number of piperidine rings is 1. The van der Waals surface area contributed by atoms with E-state index in [4.69, 9.17) is 4.74 Å². The molecule has 1 N–H and O–H groups in total. The summed E-state index contributed by atoms with van der Waals surface area (Å²) in [6.45, 7) is 2.94. The molecule has 96 valence electrons. The van der Waals surface area contributed by atoms with Crippen LogP contribution in [0, 0.1) is 5.92 Å². The van der Waals surface area contributed by atoms with Crippen molar-refractivity contribution in [1.82, 2.24) is 24.9 Å². The van der Waals surface area contributed by atoms with Crippen LogP contribution < -0.4 is 10.1 Å². The van der Waals surface area contributed by atoms with Gasteiger partial charge in [-0.2, -0.15) is 0 Å². The Balaban J connectivity index is 1.57. The molecule has 1 unspecified atom stereocenters. The molecule has 2 aromatic heterocycles. The Labute approximate surface area is 105 Å². The van der Waals surface area contributed by atoms with Gasteiger partial charge in [0.2, 0.25) is 5.65 Å². The Kier molecular flexibility index (Phi) is 3.36. The molecule has 6 heteroatoms. The van der Waals surface area contributed by atoms with Gasteiger partial charge in [-0.15, -0.1) is 10.2 Å². The third-order valence-corrected chi connectivity index (χ3v) is 3.35. The van der Waals surface area contributed by atoms with E-state index in [1.807, 2.05) is 10.6 Å². The Morgan fingerprint density at radius 1 is 1.50 bits per heavy atom. The van der Waals surface area contributed by atoms with Crippen LogP contribution in [-0.2, 0) is 0 Å². The summed E-state index contributed by atoms with van der Waals surface area (Å²) in [4.78, 5) is 4.20. The van der Waals surface area contributed by atoms with Gasteiger partial charge in [0, 0.05) is 12.4 Å². The molecular formula is C12H17N5O. The van der Waals surface area contributed by atoms with E-state index in [0.29, 0.717) is 18.1 Å². The van der Waals surface area contributed by atoms with Crippen LogP contribution in [0.25, 0.3) is 5.65 Å². The number of fused-ring (bicyclic) bond motifs is 1. The first-order valence-electron chi connectivity index (χ1n) is 6.41. The van der Waals surface area contributed by atoms with Gasteiger partial charge in [0.15, 0.2) is 0 Å². The monoisotopic (exact) mass is 247 g/mol. The second-order valence-corrected chi connectivity index (χ2v) is 4.64. The Bertz CT molecular complexity index is 506. The molecule has 0 aromatic carbocycles. The number of aromatic nitrogens is 4. The maximum absolute atomic E-state index is 5.72. The Morgan fingerprint density at radius 3 is 3.39 bits per heavy atom. The van der Waals surface area contributed by atoms with Crippen LogP contribution >= 0.6 is 0 Å². The fourth-order valence-electron chi connectivity index (χ4n) is 2.33. The smallest absolute Gasteiger partial charge is 0.260 e. The van der Waals surface area contributed by atoms with Crippen molar-refractivity contribution < 1.29 is 4.74 Å². The van der Waals surface area contributed by atoms with Crippen LogP contribution in [0.3, 0.4) is 0 Å². The molecule has 2 aromatic rings. The van der Waals surface area contributed by atoms with Crippen LogP contribution in [-0.4, -0.2) is 39.3 Å². The molecule has 0 bridgehead atoms. The first-order valence-corrected chi connectivity index (χ1v) is 6.41. The summed E-state index contributed by atoms with van der Waals surface area (Å²) < 4.78 is 7.53. The predicted octanol–water partition coefficient (Wildman–Crippen LogP) is 0.893. The first-order chi connectivity index (χ1) is 8.93. The minimum absolute atomic E-state index is 0.568. The minimum atomic E-state index is 0.568. The third kappa shape index (κ3) is 2.43. The van der Waals surface area contributed by atoms with Crippen molar-refractivity contribution >= 4 is 5.65 Å². The van der Waals surface area contributed by atoms with Crippen LogP contribution in [0.5, 0.6) is 5.88 Å². The first kappa shape index (κ1) is 11.4. The summed E-state index contributed by atoms with van der Waals surface area (Å²) in [7, 11) is 0. The number of hydrogen-bond acceptors (Lipinski definition) is 5. The molecule has 0 spiro atoms. The average molecular weight is 247 g/mol. The average Bonchev–Trinajstić information content (AvgIpc) is 2.89. The maximum atomic E-state index is 5.72. The topological polar surface area (TPSA) is 64.3 Å². The number of ether oxygens (including phenoxy) is 1. The lowest BCUT2D eigenvalue weighted by Crippen LogP contribution is -2.30. The molecule has 0 amide bonds. The lowest BCUT2D eigenvalue weighted by molar-refractivity contribution is 0.248. The Morgan fingerprint density at radius 2 is 2.50 bits per heavy atom. The molecule has 1 atom stereocenters. The van der Waals surface area contributed by atoms with Crippen molar-refractivity contribution in [2.45, 2.75) is 19.3 Å². The van der Waals surface area contributed by atoms with Crippen molar-refractivity contribution in [3.05, 3.63) is 18.7 Å². The molecule has 1 aliphatic heterocycles. The van der Waals surface area contributed by atoms with Gasteiger partial charge in [-0.05, 0) is 38.3 Å². The highest BCUT2D eigenvalue weighted by atomic mass is 16.5. The molecule has 0 aliphatic carbocycles. The van der Waals surface area contributed by atoms with Crippen LogP contribution in [0.4, 0.5) is 0 Å². The number of hydrogen-bond donors (Lipinski definition) is 1. The Hall–Kier alpha value is -1.69. The zero-order chi connectivity index (χ0) is 12.2. The summed E-state index contributed by atoms with van der Waals surface area (Å²) >= 11 is 0. The SMILES string of the molecule is c1cn2cnnc2c(OCCC2CCCNC2)n1. The van der Waals surface area contributed by atoms with Gasteiger partial charge < -0.3 is 10.1 Å². The predicted molar refractivity (Wildman–Crippen MR) is 66.5 cm³/mol.